The van der Waals surface area contributed by atoms with E-state index >= 15 is 0 Å². The molecule has 0 spiro atoms. The molecular formula is C18H19N5O3. The van der Waals surface area contributed by atoms with Crippen molar-refractivity contribution in [2.24, 2.45) is 7.05 Å². The number of aryl methyl sites for hydroxylation is 2. The van der Waals surface area contributed by atoms with Gasteiger partial charge in [-0.1, -0.05) is 29.8 Å². The van der Waals surface area contributed by atoms with E-state index in [-0.39, 0.29) is 0 Å². The zero-order chi connectivity index (χ0) is 18.6. The molecule has 3 heterocycles. The summed E-state index contributed by atoms with van der Waals surface area (Å²) in [5, 5.41) is 9.95. The van der Waals surface area contributed by atoms with Crippen molar-refractivity contribution < 1.29 is 5.11 Å². The largest absolute Gasteiger partial charge is 0.392 e. The van der Waals surface area contributed by atoms with Crippen LogP contribution in [0.3, 0.4) is 0 Å². The van der Waals surface area contributed by atoms with Gasteiger partial charge in [0, 0.05) is 13.2 Å². The first-order valence-corrected chi connectivity index (χ1v) is 8.32. The van der Waals surface area contributed by atoms with Crippen LogP contribution >= 0.6 is 0 Å². The van der Waals surface area contributed by atoms with Crippen LogP contribution in [0.2, 0.25) is 0 Å². The van der Waals surface area contributed by atoms with E-state index in [1.807, 2.05) is 42.0 Å². The highest BCUT2D eigenvalue weighted by molar-refractivity contribution is 5.78. The smallest absolute Gasteiger partial charge is 0.329 e. The molecule has 0 fully saturated rings. The quantitative estimate of drug-likeness (QED) is 0.575. The standard InChI is InChI=1S/C18H19N5O3/c1-10-4-6-12(7-5-10)13-9-23-14-15(21(3)18(26)20-16(14)25)19-17(23)22(13)8-11(2)24/h4-7,9,11,24H,8H2,1-3H3,(H,20,25,26). The lowest BCUT2D eigenvalue weighted by Gasteiger charge is -2.11. The van der Waals surface area contributed by atoms with Crippen LogP contribution in [-0.2, 0) is 13.6 Å². The Balaban J connectivity index is 2.10. The fourth-order valence-electron chi connectivity index (χ4n) is 3.20. The van der Waals surface area contributed by atoms with E-state index in [1.165, 1.54) is 4.57 Å². The minimum atomic E-state index is -0.600. The number of aliphatic hydroxyl groups excluding tert-OH is 1. The summed E-state index contributed by atoms with van der Waals surface area (Å²) in [5.74, 6) is 0.503. The number of imidazole rings is 2. The lowest BCUT2D eigenvalue weighted by Crippen LogP contribution is -2.28. The molecule has 0 radical (unpaired) electrons. The number of fused-ring (bicyclic) bond motifs is 3. The van der Waals surface area contributed by atoms with Crippen molar-refractivity contribution in [3.8, 4) is 11.3 Å². The Morgan fingerprint density at radius 1 is 1.23 bits per heavy atom. The van der Waals surface area contributed by atoms with Gasteiger partial charge < -0.3 is 9.67 Å². The van der Waals surface area contributed by atoms with Crippen molar-refractivity contribution >= 4 is 16.9 Å². The van der Waals surface area contributed by atoms with Crippen LogP contribution in [0.1, 0.15) is 12.5 Å². The number of H-pyrrole nitrogens is 1. The first-order chi connectivity index (χ1) is 12.4. The zero-order valence-corrected chi connectivity index (χ0v) is 14.7. The highest BCUT2D eigenvalue weighted by atomic mass is 16.3. The van der Waals surface area contributed by atoms with Crippen molar-refractivity contribution in [3.05, 3.63) is 56.9 Å². The molecule has 0 saturated carbocycles. The number of hydrogen-bond donors (Lipinski definition) is 2. The third-order valence-electron chi connectivity index (χ3n) is 4.51. The number of aliphatic hydroxyl groups is 1. The van der Waals surface area contributed by atoms with Gasteiger partial charge >= 0.3 is 5.69 Å². The lowest BCUT2D eigenvalue weighted by molar-refractivity contribution is 0.175. The summed E-state index contributed by atoms with van der Waals surface area (Å²) in [6.45, 7) is 4.02. The second-order valence-electron chi connectivity index (χ2n) is 6.61. The third kappa shape index (κ3) is 2.38. The predicted octanol–water partition coefficient (Wildman–Crippen LogP) is 1.03. The van der Waals surface area contributed by atoms with Gasteiger partial charge in [-0.2, -0.15) is 4.98 Å². The van der Waals surface area contributed by atoms with E-state index < -0.39 is 17.4 Å². The number of nitrogens with zero attached hydrogens (tertiary/aromatic N) is 4. The van der Waals surface area contributed by atoms with Gasteiger partial charge in [0.25, 0.3) is 5.56 Å². The Bertz CT molecular complexity index is 1240. The highest BCUT2D eigenvalue weighted by Gasteiger charge is 2.20. The molecule has 0 aliphatic heterocycles. The predicted molar refractivity (Wildman–Crippen MR) is 98.4 cm³/mol. The Hall–Kier alpha value is -3.13. The molecule has 4 aromatic rings. The second kappa shape index (κ2) is 5.70. The van der Waals surface area contributed by atoms with Crippen molar-refractivity contribution in [1.29, 1.82) is 0 Å². The SMILES string of the molecule is Cc1ccc(-c2cn3c4c(=O)[nH]c(=O)n(C)c4nc3n2CC(C)O)cc1. The van der Waals surface area contributed by atoms with Crippen molar-refractivity contribution in [2.75, 3.05) is 0 Å². The first kappa shape index (κ1) is 16.3. The zero-order valence-electron chi connectivity index (χ0n) is 14.7. The summed E-state index contributed by atoms with van der Waals surface area (Å²) in [5.41, 5.74) is 2.55. The maximum atomic E-state index is 12.4. The summed E-state index contributed by atoms with van der Waals surface area (Å²) >= 11 is 0. The summed E-state index contributed by atoms with van der Waals surface area (Å²) in [6.07, 6.45) is 1.22. The fourth-order valence-corrected chi connectivity index (χ4v) is 3.20. The molecule has 1 unspecified atom stereocenters. The summed E-state index contributed by atoms with van der Waals surface area (Å²) < 4.78 is 4.84. The summed E-state index contributed by atoms with van der Waals surface area (Å²) in [4.78, 5) is 31.0. The topological polar surface area (TPSA) is 97.3 Å². The molecule has 0 saturated heterocycles. The van der Waals surface area contributed by atoms with Crippen LogP contribution in [0.15, 0.2) is 40.1 Å². The van der Waals surface area contributed by atoms with Crippen molar-refractivity contribution in [1.82, 2.24) is 23.5 Å². The molecule has 0 bridgehead atoms. The van der Waals surface area contributed by atoms with Gasteiger partial charge in [0.05, 0.1) is 18.3 Å². The van der Waals surface area contributed by atoms with Gasteiger partial charge in [0.15, 0.2) is 11.2 Å². The van der Waals surface area contributed by atoms with E-state index in [0.29, 0.717) is 23.5 Å². The molecule has 26 heavy (non-hydrogen) atoms. The van der Waals surface area contributed by atoms with Crippen molar-refractivity contribution in [3.63, 3.8) is 0 Å². The van der Waals surface area contributed by atoms with Gasteiger partial charge in [-0.3, -0.25) is 18.7 Å². The maximum absolute atomic E-state index is 12.4. The van der Waals surface area contributed by atoms with E-state index in [2.05, 4.69) is 9.97 Å². The highest BCUT2D eigenvalue weighted by Crippen LogP contribution is 2.26. The Morgan fingerprint density at radius 2 is 1.92 bits per heavy atom. The van der Waals surface area contributed by atoms with Gasteiger partial charge in [-0.25, -0.2) is 4.79 Å². The van der Waals surface area contributed by atoms with E-state index in [1.54, 1.807) is 18.4 Å². The van der Waals surface area contributed by atoms with Gasteiger partial charge in [-0.05, 0) is 19.4 Å². The van der Waals surface area contributed by atoms with E-state index in [0.717, 1.165) is 16.8 Å². The minimum Gasteiger partial charge on any atom is -0.392 e. The lowest BCUT2D eigenvalue weighted by atomic mass is 10.1. The number of nitrogens with one attached hydrogen (secondary N) is 1. The third-order valence-corrected chi connectivity index (χ3v) is 4.51. The number of aromatic nitrogens is 5. The van der Waals surface area contributed by atoms with Crippen LogP contribution < -0.4 is 11.2 Å². The van der Waals surface area contributed by atoms with Crippen LogP contribution in [0, 0.1) is 6.92 Å². The average Bonchev–Trinajstić information content (AvgIpc) is 3.11. The molecule has 0 amide bonds. The molecule has 0 aliphatic rings. The molecule has 8 heteroatoms. The average molecular weight is 353 g/mol. The number of benzene rings is 1. The fraction of sp³-hybridized carbons (Fsp3) is 0.278. The Labute approximate surface area is 148 Å². The first-order valence-electron chi connectivity index (χ1n) is 8.32. The normalized spacial score (nSPS) is 12.9. The molecule has 0 aliphatic carbocycles. The van der Waals surface area contributed by atoms with Gasteiger partial charge in [-0.15, -0.1) is 0 Å². The van der Waals surface area contributed by atoms with E-state index in [9.17, 15) is 14.7 Å². The molecule has 4 rings (SSSR count). The molecule has 1 aromatic carbocycles. The number of rotatable bonds is 3. The van der Waals surface area contributed by atoms with Crippen LogP contribution in [-0.4, -0.2) is 34.7 Å². The Morgan fingerprint density at radius 3 is 2.58 bits per heavy atom. The summed E-state index contributed by atoms with van der Waals surface area (Å²) in [7, 11) is 1.56. The molecule has 3 aromatic heterocycles. The number of aromatic amines is 1. The minimum absolute atomic E-state index is 0.305. The molecule has 134 valence electrons. The van der Waals surface area contributed by atoms with Gasteiger partial charge in [0.2, 0.25) is 5.78 Å². The molecular weight excluding hydrogens is 334 g/mol. The van der Waals surface area contributed by atoms with Gasteiger partial charge in [0.1, 0.15) is 0 Å². The summed E-state index contributed by atoms with van der Waals surface area (Å²) in [6, 6.07) is 7.99. The molecule has 8 nitrogen and oxygen atoms in total. The van der Waals surface area contributed by atoms with E-state index in [4.69, 9.17) is 0 Å². The van der Waals surface area contributed by atoms with Crippen LogP contribution in [0.5, 0.6) is 0 Å². The molecule has 2 N–H and O–H groups in total. The molecule has 1 atom stereocenters. The monoisotopic (exact) mass is 353 g/mol. The van der Waals surface area contributed by atoms with Crippen LogP contribution in [0.25, 0.3) is 28.2 Å². The van der Waals surface area contributed by atoms with Crippen molar-refractivity contribution in [2.45, 2.75) is 26.5 Å². The van der Waals surface area contributed by atoms with Crippen LogP contribution in [0.4, 0.5) is 0 Å². The number of hydrogen-bond acceptors (Lipinski definition) is 4. The Kier molecular flexibility index (Phi) is 3.58. The maximum Gasteiger partial charge on any atom is 0.329 e. The second-order valence-corrected chi connectivity index (χ2v) is 6.61.